The van der Waals surface area contributed by atoms with Gasteiger partial charge in [-0.1, -0.05) is 45.0 Å². The zero-order valence-corrected chi connectivity index (χ0v) is 13.5. The molecule has 112 valence electrons. The van der Waals surface area contributed by atoms with E-state index in [4.69, 9.17) is 0 Å². The van der Waals surface area contributed by atoms with Gasteiger partial charge in [0.05, 0.1) is 0 Å². The van der Waals surface area contributed by atoms with Crippen molar-refractivity contribution in [3.63, 3.8) is 0 Å². The fourth-order valence-corrected chi connectivity index (χ4v) is 4.93. The molecule has 3 aromatic rings. The number of hydrogen-bond donors (Lipinski definition) is 0. The quantitative estimate of drug-likeness (QED) is 0.454. The van der Waals surface area contributed by atoms with Crippen molar-refractivity contribution in [3.05, 3.63) is 59.2 Å². The lowest BCUT2D eigenvalue weighted by Gasteiger charge is -2.29. The van der Waals surface area contributed by atoms with Crippen LogP contribution in [-0.2, 0) is 0 Å². The topological polar surface area (TPSA) is 0 Å². The molecule has 1 aromatic heterocycles. The molecular formula is C19H16F2S. The fourth-order valence-electron chi connectivity index (χ4n) is 3.63. The summed E-state index contributed by atoms with van der Waals surface area (Å²) in [7, 11) is 0. The summed E-state index contributed by atoms with van der Waals surface area (Å²) in [6, 6.07) is 11.1. The summed E-state index contributed by atoms with van der Waals surface area (Å²) >= 11 is 1.57. The predicted octanol–water partition coefficient (Wildman–Crippen LogP) is 6.34. The summed E-state index contributed by atoms with van der Waals surface area (Å²) < 4.78 is 29.4. The van der Waals surface area contributed by atoms with E-state index in [0.29, 0.717) is 5.56 Å². The van der Waals surface area contributed by atoms with Gasteiger partial charge in [0.25, 0.3) is 0 Å². The lowest BCUT2D eigenvalue weighted by Crippen LogP contribution is -2.17. The summed E-state index contributed by atoms with van der Waals surface area (Å²) in [6.07, 6.45) is 0. The molecule has 0 nitrogen and oxygen atoms in total. The molecule has 22 heavy (non-hydrogen) atoms. The third-order valence-electron chi connectivity index (χ3n) is 4.45. The molecule has 0 N–H and O–H groups in total. The summed E-state index contributed by atoms with van der Waals surface area (Å²) in [5, 5.41) is 1.17. The summed E-state index contributed by atoms with van der Waals surface area (Å²) in [4.78, 5) is 0.896. The van der Waals surface area contributed by atoms with Gasteiger partial charge in [0.15, 0.2) is 11.6 Å². The van der Waals surface area contributed by atoms with Crippen LogP contribution in [0.3, 0.4) is 0 Å². The van der Waals surface area contributed by atoms with E-state index >= 15 is 0 Å². The first-order valence-electron chi connectivity index (χ1n) is 7.39. The molecule has 0 radical (unpaired) electrons. The molecule has 3 heteroatoms. The standard InChI is InChI=1S/C19H16F2S/c1-19(2,3)16-11-8-9-12(20)17(21)15(11)18-14(16)10-6-4-5-7-13(10)22-18/h4-9,16H,1-3H3. The number of thiophene rings is 1. The summed E-state index contributed by atoms with van der Waals surface area (Å²) in [6.45, 7) is 6.47. The minimum atomic E-state index is -0.767. The number of rotatable bonds is 0. The van der Waals surface area contributed by atoms with Gasteiger partial charge in [-0.05, 0) is 34.1 Å². The molecule has 4 rings (SSSR count). The van der Waals surface area contributed by atoms with Crippen LogP contribution < -0.4 is 0 Å². The maximum atomic E-state index is 14.5. The van der Waals surface area contributed by atoms with Gasteiger partial charge in [0, 0.05) is 21.1 Å². The van der Waals surface area contributed by atoms with Crippen LogP contribution in [0, 0.1) is 17.0 Å². The van der Waals surface area contributed by atoms with Crippen LogP contribution in [0.15, 0.2) is 36.4 Å². The van der Waals surface area contributed by atoms with E-state index < -0.39 is 11.6 Å². The van der Waals surface area contributed by atoms with Crippen molar-refractivity contribution < 1.29 is 8.78 Å². The predicted molar refractivity (Wildman–Crippen MR) is 88.5 cm³/mol. The van der Waals surface area contributed by atoms with Gasteiger partial charge in [-0.15, -0.1) is 11.3 Å². The lowest BCUT2D eigenvalue weighted by atomic mass is 9.74. The second-order valence-electron chi connectivity index (χ2n) is 6.97. The van der Waals surface area contributed by atoms with Crippen LogP contribution in [0.4, 0.5) is 8.78 Å². The van der Waals surface area contributed by atoms with Crippen molar-refractivity contribution in [2.24, 2.45) is 5.41 Å². The monoisotopic (exact) mass is 314 g/mol. The van der Waals surface area contributed by atoms with Gasteiger partial charge in [0.2, 0.25) is 0 Å². The number of fused-ring (bicyclic) bond motifs is 5. The molecule has 1 aliphatic carbocycles. The lowest BCUT2D eigenvalue weighted by molar-refractivity contribution is 0.364. The molecule has 1 unspecified atom stereocenters. The molecule has 0 aliphatic heterocycles. The fraction of sp³-hybridized carbons (Fsp3) is 0.263. The second kappa shape index (κ2) is 4.39. The Labute approximate surface area is 132 Å². The smallest absolute Gasteiger partial charge is 0.167 e. The van der Waals surface area contributed by atoms with Gasteiger partial charge in [-0.3, -0.25) is 0 Å². The Bertz CT molecular complexity index is 900. The minimum Gasteiger partial charge on any atom is -0.204 e. The summed E-state index contributed by atoms with van der Waals surface area (Å²) in [5.74, 6) is -1.39. The van der Waals surface area contributed by atoms with Crippen molar-refractivity contribution in [3.8, 4) is 10.4 Å². The SMILES string of the molecule is CC(C)(C)C1c2ccc(F)c(F)c2-c2sc3ccccc3c21. The Balaban J connectivity index is 2.16. The molecule has 1 heterocycles. The van der Waals surface area contributed by atoms with Crippen LogP contribution in [-0.4, -0.2) is 0 Å². The molecule has 0 saturated carbocycles. The average molecular weight is 314 g/mol. The van der Waals surface area contributed by atoms with E-state index in [2.05, 4.69) is 32.9 Å². The highest BCUT2D eigenvalue weighted by molar-refractivity contribution is 7.22. The average Bonchev–Trinajstić information content (AvgIpc) is 2.96. The third kappa shape index (κ3) is 1.72. The molecule has 0 bridgehead atoms. The number of benzene rings is 2. The molecule has 0 spiro atoms. The van der Waals surface area contributed by atoms with Crippen molar-refractivity contribution in [1.82, 2.24) is 0 Å². The highest BCUT2D eigenvalue weighted by Gasteiger charge is 2.41. The van der Waals surface area contributed by atoms with Crippen molar-refractivity contribution >= 4 is 21.4 Å². The van der Waals surface area contributed by atoms with Crippen molar-refractivity contribution in [2.75, 3.05) is 0 Å². The Morgan fingerprint density at radius 1 is 1.00 bits per heavy atom. The van der Waals surface area contributed by atoms with Gasteiger partial charge < -0.3 is 0 Å². The largest absolute Gasteiger partial charge is 0.204 e. The van der Waals surface area contributed by atoms with Crippen LogP contribution in [0.2, 0.25) is 0 Å². The molecular weight excluding hydrogens is 298 g/mol. The summed E-state index contributed by atoms with van der Waals surface area (Å²) in [5.41, 5.74) is 2.48. The normalized spacial score (nSPS) is 16.9. The van der Waals surface area contributed by atoms with E-state index in [1.807, 2.05) is 12.1 Å². The van der Waals surface area contributed by atoms with Crippen LogP contribution in [0.5, 0.6) is 0 Å². The molecule has 0 saturated heterocycles. The third-order valence-corrected chi connectivity index (χ3v) is 5.66. The van der Waals surface area contributed by atoms with Gasteiger partial charge >= 0.3 is 0 Å². The van der Waals surface area contributed by atoms with Crippen molar-refractivity contribution in [2.45, 2.75) is 26.7 Å². The van der Waals surface area contributed by atoms with E-state index in [1.54, 1.807) is 17.4 Å². The van der Waals surface area contributed by atoms with E-state index in [-0.39, 0.29) is 11.3 Å². The number of hydrogen-bond acceptors (Lipinski definition) is 1. The van der Waals surface area contributed by atoms with Gasteiger partial charge in [-0.25, -0.2) is 8.78 Å². The first-order chi connectivity index (χ1) is 10.4. The Morgan fingerprint density at radius 2 is 1.73 bits per heavy atom. The van der Waals surface area contributed by atoms with E-state index in [9.17, 15) is 8.78 Å². The van der Waals surface area contributed by atoms with E-state index in [1.165, 1.54) is 11.5 Å². The zero-order chi connectivity index (χ0) is 15.6. The van der Waals surface area contributed by atoms with Gasteiger partial charge in [-0.2, -0.15) is 0 Å². The zero-order valence-electron chi connectivity index (χ0n) is 12.7. The van der Waals surface area contributed by atoms with E-state index in [0.717, 1.165) is 20.7 Å². The van der Waals surface area contributed by atoms with Crippen LogP contribution in [0.25, 0.3) is 20.5 Å². The van der Waals surface area contributed by atoms with Crippen LogP contribution >= 0.6 is 11.3 Å². The first kappa shape index (κ1) is 13.9. The van der Waals surface area contributed by atoms with Gasteiger partial charge in [0.1, 0.15) is 0 Å². The van der Waals surface area contributed by atoms with Crippen LogP contribution in [0.1, 0.15) is 37.8 Å². The first-order valence-corrected chi connectivity index (χ1v) is 8.21. The Kier molecular flexibility index (Phi) is 2.77. The maximum Gasteiger partial charge on any atom is 0.167 e. The Hall–Kier alpha value is -1.74. The molecule has 0 amide bonds. The maximum absolute atomic E-state index is 14.5. The Morgan fingerprint density at radius 3 is 2.45 bits per heavy atom. The van der Waals surface area contributed by atoms with Crippen molar-refractivity contribution in [1.29, 1.82) is 0 Å². The number of halogens is 2. The highest BCUT2D eigenvalue weighted by Crippen LogP contribution is 2.58. The molecule has 2 aromatic carbocycles. The highest BCUT2D eigenvalue weighted by atomic mass is 32.1. The second-order valence-corrected chi connectivity index (χ2v) is 8.02. The molecule has 1 aliphatic rings. The molecule has 0 fully saturated rings. The molecule has 1 atom stereocenters. The minimum absolute atomic E-state index is 0.0614.